The first-order valence-electron chi connectivity index (χ1n) is 3.27. The molecule has 0 aliphatic heterocycles. The highest BCUT2D eigenvalue weighted by atomic mass is 19.4. The Bertz CT molecular complexity index is 251. The van der Waals surface area contributed by atoms with Crippen LogP contribution in [0.3, 0.4) is 0 Å². The average Bonchev–Trinajstić information content (AvgIpc) is 1.97. The summed E-state index contributed by atoms with van der Waals surface area (Å²) >= 11 is 0. The van der Waals surface area contributed by atoms with Gasteiger partial charge in [-0.1, -0.05) is 0 Å². The second kappa shape index (κ2) is 4.07. The molecule has 0 aromatic heterocycles. The quantitative estimate of drug-likeness (QED) is 0.415. The van der Waals surface area contributed by atoms with E-state index in [0.29, 0.717) is 7.11 Å². The number of ketones is 1. The van der Waals surface area contributed by atoms with Gasteiger partial charge in [-0.15, -0.1) is 0 Å². The maximum absolute atomic E-state index is 11.8. The van der Waals surface area contributed by atoms with Gasteiger partial charge in [0.1, 0.15) is 0 Å². The zero-order chi connectivity index (χ0) is 12.4. The fourth-order valence-electron chi connectivity index (χ4n) is 0.701. The maximum atomic E-state index is 11.8. The summed E-state index contributed by atoms with van der Waals surface area (Å²) in [5.41, 5.74) is 0. The summed E-state index contributed by atoms with van der Waals surface area (Å²) in [6.45, 7) is 0. The van der Waals surface area contributed by atoms with Gasteiger partial charge in [-0.25, -0.2) is 4.79 Å². The van der Waals surface area contributed by atoms with Gasteiger partial charge in [0.2, 0.25) is 5.92 Å². The molecule has 15 heavy (non-hydrogen) atoms. The molecule has 0 aromatic rings. The van der Waals surface area contributed by atoms with Gasteiger partial charge in [-0.2, -0.15) is 26.3 Å². The largest absolute Gasteiger partial charge is 0.463 e. The van der Waals surface area contributed by atoms with E-state index in [0.717, 1.165) is 0 Å². The second-order valence-corrected chi connectivity index (χ2v) is 2.37. The molecule has 0 amide bonds. The van der Waals surface area contributed by atoms with Crippen LogP contribution in [0, 0.1) is 5.92 Å². The van der Waals surface area contributed by atoms with Crippen LogP contribution in [0.1, 0.15) is 0 Å². The lowest BCUT2D eigenvalue weighted by atomic mass is 10.0. The van der Waals surface area contributed by atoms with Gasteiger partial charge in [0.15, 0.2) is 0 Å². The lowest BCUT2D eigenvalue weighted by molar-refractivity contribution is -0.273. The van der Waals surface area contributed by atoms with E-state index in [9.17, 15) is 35.9 Å². The van der Waals surface area contributed by atoms with Gasteiger partial charge >= 0.3 is 18.3 Å². The van der Waals surface area contributed by atoms with E-state index in [-0.39, 0.29) is 0 Å². The van der Waals surface area contributed by atoms with Crippen LogP contribution in [-0.4, -0.2) is 31.2 Å². The van der Waals surface area contributed by atoms with Crippen LogP contribution < -0.4 is 0 Å². The van der Waals surface area contributed by atoms with Crippen LogP contribution in [0.15, 0.2) is 0 Å². The molecule has 0 fully saturated rings. The second-order valence-electron chi connectivity index (χ2n) is 2.37. The van der Waals surface area contributed by atoms with Gasteiger partial charge in [0.05, 0.1) is 7.11 Å². The number of carbonyl (C=O) groups excluding carboxylic acids is 2. The molecule has 0 heterocycles. The predicted octanol–water partition coefficient (Wildman–Crippen LogP) is 1.47. The molecule has 0 rings (SSSR count). The zero-order valence-corrected chi connectivity index (χ0v) is 7.07. The molecule has 0 aliphatic carbocycles. The lowest BCUT2D eigenvalue weighted by Crippen LogP contribution is -2.45. The molecular weight excluding hydrogens is 234 g/mol. The Morgan fingerprint density at radius 2 is 1.33 bits per heavy atom. The molecule has 0 saturated heterocycles. The van der Waals surface area contributed by atoms with Crippen LogP contribution in [0.4, 0.5) is 26.3 Å². The van der Waals surface area contributed by atoms with Crippen molar-refractivity contribution in [2.24, 2.45) is 5.92 Å². The molecule has 0 aliphatic rings. The molecule has 0 atom stereocenters. The Kier molecular flexibility index (Phi) is 3.72. The molecule has 88 valence electrons. The van der Waals surface area contributed by atoms with Crippen LogP contribution in [0.5, 0.6) is 0 Å². The van der Waals surface area contributed by atoms with Gasteiger partial charge < -0.3 is 4.74 Å². The number of hydrogen-bond acceptors (Lipinski definition) is 3. The standard InChI is InChI=1S/C6H4F6O3/c1-15-4(14)2(13)3(5(7,8)9)6(10,11)12/h3H,1H3. The molecule has 0 unspecified atom stereocenters. The average molecular weight is 238 g/mol. The zero-order valence-electron chi connectivity index (χ0n) is 7.07. The summed E-state index contributed by atoms with van der Waals surface area (Å²) < 4.78 is 74.4. The van der Waals surface area contributed by atoms with Crippen molar-refractivity contribution in [3.05, 3.63) is 0 Å². The smallest absolute Gasteiger partial charge is 0.408 e. The minimum atomic E-state index is -5.87. The number of rotatable bonds is 2. The summed E-state index contributed by atoms with van der Waals surface area (Å²) in [5.74, 6) is -9.20. The van der Waals surface area contributed by atoms with Gasteiger partial charge in [0, 0.05) is 0 Å². The Balaban J connectivity index is 5.16. The van der Waals surface area contributed by atoms with Gasteiger partial charge in [-0.3, -0.25) is 4.79 Å². The number of halogens is 6. The van der Waals surface area contributed by atoms with Crippen molar-refractivity contribution in [3.8, 4) is 0 Å². The topological polar surface area (TPSA) is 43.4 Å². The fourth-order valence-corrected chi connectivity index (χ4v) is 0.701. The molecule has 0 bridgehead atoms. The molecule has 0 saturated carbocycles. The number of esters is 1. The van der Waals surface area contributed by atoms with Crippen LogP contribution in [-0.2, 0) is 14.3 Å². The Labute approximate surface area is 79.0 Å². The van der Waals surface area contributed by atoms with Crippen molar-refractivity contribution in [2.45, 2.75) is 12.4 Å². The van der Waals surface area contributed by atoms with Gasteiger partial charge in [0.25, 0.3) is 5.78 Å². The minimum absolute atomic E-state index is 0.504. The van der Waals surface area contributed by atoms with Crippen molar-refractivity contribution in [3.63, 3.8) is 0 Å². The number of Topliss-reactive ketones (excluding diaryl/α,β-unsaturated/α-hetero) is 1. The molecule has 9 heteroatoms. The predicted molar refractivity (Wildman–Crippen MR) is 32.6 cm³/mol. The lowest BCUT2D eigenvalue weighted by Gasteiger charge is -2.20. The fraction of sp³-hybridized carbons (Fsp3) is 0.667. The van der Waals surface area contributed by atoms with Crippen molar-refractivity contribution in [1.29, 1.82) is 0 Å². The van der Waals surface area contributed by atoms with Crippen LogP contribution in [0.25, 0.3) is 0 Å². The van der Waals surface area contributed by atoms with E-state index in [1.54, 1.807) is 0 Å². The number of carbonyl (C=O) groups is 2. The highest BCUT2D eigenvalue weighted by Gasteiger charge is 2.62. The maximum Gasteiger partial charge on any atom is 0.408 e. The third kappa shape index (κ3) is 3.40. The van der Waals surface area contributed by atoms with E-state index >= 15 is 0 Å². The van der Waals surface area contributed by atoms with E-state index in [1.165, 1.54) is 0 Å². The molecule has 3 nitrogen and oxygen atoms in total. The summed E-state index contributed by atoms with van der Waals surface area (Å²) in [6, 6.07) is 0. The molecule has 0 aromatic carbocycles. The van der Waals surface area contributed by atoms with Crippen molar-refractivity contribution in [1.82, 2.24) is 0 Å². The normalized spacial score (nSPS) is 12.8. The summed E-state index contributed by atoms with van der Waals surface area (Å²) in [6.07, 6.45) is -11.7. The summed E-state index contributed by atoms with van der Waals surface area (Å²) in [4.78, 5) is 20.7. The number of alkyl halides is 6. The van der Waals surface area contributed by atoms with E-state index in [2.05, 4.69) is 4.74 Å². The van der Waals surface area contributed by atoms with Crippen molar-refractivity contribution in [2.75, 3.05) is 7.11 Å². The van der Waals surface area contributed by atoms with Crippen molar-refractivity contribution >= 4 is 11.8 Å². The molecule has 0 spiro atoms. The first-order valence-corrected chi connectivity index (χ1v) is 3.27. The number of methoxy groups -OCH3 is 1. The van der Waals surface area contributed by atoms with Crippen LogP contribution >= 0.6 is 0 Å². The Morgan fingerprint density at radius 3 is 1.53 bits per heavy atom. The number of ether oxygens (including phenoxy) is 1. The van der Waals surface area contributed by atoms with E-state index < -0.39 is 30.0 Å². The Hall–Kier alpha value is -1.28. The van der Waals surface area contributed by atoms with Gasteiger partial charge in [-0.05, 0) is 0 Å². The van der Waals surface area contributed by atoms with E-state index in [1.807, 2.05) is 0 Å². The highest BCUT2D eigenvalue weighted by molar-refractivity contribution is 6.34. The SMILES string of the molecule is COC(=O)C(=O)C(C(F)(F)F)C(F)(F)F. The molecular formula is C6H4F6O3. The number of hydrogen-bond donors (Lipinski definition) is 0. The summed E-state index contributed by atoms with van der Waals surface area (Å²) in [7, 11) is 0.504. The first-order chi connectivity index (χ1) is 6.51. The Morgan fingerprint density at radius 1 is 1.00 bits per heavy atom. The summed E-state index contributed by atoms with van der Waals surface area (Å²) in [5, 5.41) is 0. The third-order valence-corrected chi connectivity index (χ3v) is 1.30. The first kappa shape index (κ1) is 13.7. The minimum Gasteiger partial charge on any atom is -0.463 e. The monoisotopic (exact) mass is 238 g/mol. The molecule has 0 radical (unpaired) electrons. The van der Waals surface area contributed by atoms with Crippen molar-refractivity contribution < 1.29 is 40.7 Å². The molecule has 0 N–H and O–H groups in total. The highest BCUT2D eigenvalue weighted by Crippen LogP contribution is 2.39. The van der Waals surface area contributed by atoms with Crippen LogP contribution in [0.2, 0.25) is 0 Å². The van der Waals surface area contributed by atoms with E-state index in [4.69, 9.17) is 0 Å². The third-order valence-electron chi connectivity index (χ3n) is 1.30.